The molecule has 0 radical (unpaired) electrons. The molecule has 1 fully saturated rings. The second kappa shape index (κ2) is 11.8. The molecule has 3 aromatic rings. The molecular formula is C30H32F4O2. The van der Waals surface area contributed by atoms with Crippen molar-refractivity contribution in [2.24, 2.45) is 5.92 Å². The topological polar surface area (TPSA) is 18.5 Å². The minimum Gasteiger partial charge on any atom is -0.490 e. The summed E-state index contributed by atoms with van der Waals surface area (Å²) in [6.45, 7) is 4.50. The van der Waals surface area contributed by atoms with Crippen molar-refractivity contribution >= 4 is 0 Å². The van der Waals surface area contributed by atoms with E-state index in [1.807, 2.05) is 26.0 Å². The van der Waals surface area contributed by atoms with Crippen LogP contribution in [0.2, 0.25) is 0 Å². The average Bonchev–Trinajstić information content (AvgIpc) is 2.89. The fraction of sp³-hybridized carbons (Fsp3) is 0.400. The zero-order chi connectivity index (χ0) is 25.7. The first-order chi connectivity index (χ1) is 17.4. The number of hydrogen-bond donors (Lipinski definition) is 0. The van der Waals surface area contributed by atoms with Crippen LogP contribution >= 0.6 is 0 Å². The quantitative estimate of drug-likeness (QED) is 0.216. The van der Waals surface area contributed by atoms with E-state index < -0.39 is 23.3 Å². The molecule has 0 aromatic heterocycles. The smallest absolute Gasteiger partial charge is 0.204 e. The van der Waals surface area contributed by atoms with E-state index in [1.54, 1.807) is 24.3 Å². The zero-order valence-corrected chi connectivity index (χ0v) is 20.8. The standard InChI is InChI=1S/C30H32F4O2/c1-3-4-17-35-25-15-16-26(30(34)29(25)33)36-18-20-7-11-22(12-8-20)24-14-13-23(27(31)28(24)32)21-9-5-19(2)6-10-21/h5-6,9-10,13-16,20,22H,3-4,7-8,11-12,17-18H2,1-2H3. The minimum atomic E-state index is -1.05. The van der Waals surface area contributed by atoms with Crippen LogP contribution in [0, 0.1) is 36.1 Å². The van der Waals surface area contributed by atoms with E-state index in [1.165, 1.54) is 12.1 Å². The predicted octanol–water partition coefficient (Wildman–Crippen LogP) is 8.75. The highest BCUT2D eigenvalue weighted by Crippen LogP contribution is 2.39. The van der Waals surface area contributed by atoms with Crippen molar-refractivity contribution in [1.82, 2.24) is 0 Å². The normalized spacial score (nSPS) is 17.7. The van der Waals surface area contributed by atoms with Crippen molar-refractivity contribution < 1.29 is 27.0 Å². The average molecular weight is 501 g/mol. The summed E-state index contributed by atoms with van der Waals surface area (Å²) in [4.78, 5) is 0. The lowest BCUT2D eigenvalue weighted by Gasteiger charge is -2.29. The van der Waals surface area contributed by atoms with Gasteiger partial charge in [-0.25, -0.2) is 8.78 Å². The van der Waals surface area contributed by atoms with E-state index in [0.29, 0.717) is 30.6 Å². The Hall–Kier alpha value is -3.02. The maximum Gasteiger partial charge on any atom is 0.204 e. The van der Waals surface area contributed by atoms with Gasteiger partial charge in [0.15, 0.2) is 23.1 Å². The Balaban J connectivity index is 1.34. The number of benzene rings is 3. The number of rotatable bonds is 9. The lowest BCUT2D eigenvalue weighted by atomic mass is 9.78. The largest absolute Gasteiger partial charge is 0.490 e. The Labute approximate surface area is 210 Å². The fourth-order valence-electron chi connectivity index (χ4n) is 4.75. The molecule has 0 saturated heterocycles. The highest BCUT2D eigenvalue weighted by Gasteiger charge is 2.27. The monoisotopic (exact) mass is 500 g/mol. The summed E-state index contributed by atoms with van der Waals surface area (Å²) < 4.78 is 69.5. The third kappa shape index (κ3) is 5.85. The van der Waals surface area contributed by atoms with E-state index in [4.69, 9.17) is 9.47 Å². The number of unbranched alkanes of at least 4 members (excludes halogenated alkanes) is 1. The Morgan fingerprint density at radius 3 is 2.00 bits per heavy atom. The van der Waals surface area contributed by atoms with Gasteiger partial charge in [-0.2, -0.15) is 8.78 Å². The highest BCUT2D eigenvalue weighted by molar-refractivity contribution is 5.65. The first kappa shape index (κ1) is 26.1. The maximum atomic E-state index is 15.0. The van der Waals surface area contributed by atoms with Crippen LogP contribution in [-0.4, -0.2) is 13.2 Å². The Kier molecular flexibility index (Phi) is 8.55. The Morgan fingerprint density at radius 1 is 0.722 bits per heavy atom. The van der Waals surface area contributed by atoms with Crippen molar-refractivity contribution in [2.75, 3.05) is 13.2 Å². The van der Waals surface area contributed by atoms with Gasteiger partial charge in [-0.1, -0.05) is 55.3 Å². The molecule has 0 spiro atoms. The summed E-state index contributed by atoms with van der Waals surface area (Å²) in [6, 6.07) is 13.5. The van der Waals surface area contributed by atoms with E-state index in [0.717, 1.165) is 31.2 Å². The highest BCUT2D eigenvalue weighted by atomic mass is 19.2. The van der Waals surface area contributed by atoms with Crippen molar-refractivity contribution in [3.05, 3.63) is 82.9 Å². The van der Waals surface area contributed by atoms with Gasteiger partial charge in [-0.05, 0) is 74.1 Å². The molecule has 4 rings (SSSR count). The molecule has 0 N–H and O–H groups in total. The second-order valence-electron chi connectivity index (χ2n) is 9.62. The molecule has 1 aliphatic carbocycles. The molecule has 0 atom stereocenters. The Bertz CT molecular complexity index is 1170. The summed E-state index contributed by atoms with van der Waals surface area (Å²) in [7, 11) is 0. The number of halogens is 4. The summed E-state index contributed by atoms with van der Waals surface area (Å²) in [5.74, 6) is -3.91. The molecule has 0 unspecified atom stereocenters. The van der Waals surface area contributed by atoms with Gasteiger partial charge in [-0.3, -0.25) is 0 Å². The third-order valence-electron chi connectivity index (χ3n) is 7.00. The van der Waals surface area contributed by atoms with Crippen LogP contribution in [-0.2, 0) is 0 Å². The number of aryl methyl sites for hydroxylation is 1. The van der Waals surface area contributed by atoms with Crippen molar-refractivity contribution in [3.63, 3.8) is 0 Å². The third-order valence-corrected chi connectivity index (χ3v) is 7.00. The van der Waals surface area contributed by atoms with E-state index in [2.05, 4.69) is 0 Å². The molecule has 3 aromatic carbocycles. The zero-order valence-electron chi connectivity index (χ0n) is 20.8. The molecule has 0 aliphatic heterocycles. The van der Waals surface area contributed by atoms with E-state index in [-0.39, 0.29) is 35.5 Å². The van der Waals surface area contributed by atoms with Gasteiger partial charge in [0.2, 0.25) is 11.6 Å². The Morgan fingerprint density at radius 2 is 1.36 bits per heavy atom. The molecule has 192 valence electrons. The van der Waals surface area contributed by atoms with Crippen LogP contribution < -0.4 is 9.47 Å². The summed E-state index contributed by atoms with van der Waals surface area (Å²) in [6.07, 6.45) is 4.47. The fourth-order valence-corrected chi connectivity index (χ4v) is 4.75. The van der Waals surface area contributed by atoms with Crippen LogP contribution in [0.15, 0.2) is 48.5 Å². The molecule has 1 saturated carbocycles. The molecule has 0 bridgehead atoms. The molecule has 0 amide bonds. The minimum absolute atomic E-state index is 0.0865. The summed E-state index contributed by atoms with van der Waals surface area (Å²) in [5.41, 5.74) is 2.36. The van der Waals surface area contributed by atoms with Crippen LogP contribution in [0.25, 0.3) is 11.1 Å². The first-order valence-corrected chi connectivity index (χ1v) is 12.7. The van der Waals surface area contributed by atoms with Gasteiger partial charge < -0.3 is 9.47 Å². The number of hydrogen-bond acceptors (Lipinski definition) is 2. The van der Waals surface area contributed by atoms with E-state index in [9.17, 15) is 13.2 Å². The van der Waals surface area contributed by atoms with Gasteiger partial charge in [-0.15, -0.1) is 0 Å². The van der Waals surface area contributed by atoms with Crippen LogP contribution in [0.3, 0.4) is 0 Å². The van der Waals surface area contributed by atoms with Crippen LogP contribution in [0.5, 0.6) is 11.5 Å². The maximum absolute atomic E-state index is 15.0. The molecular weight excluding hydrogens is 468 g/mol. The van der Waals surface area contributed by atoms with Crippen LogP contribution in [0.1, 0.15) is 62.5 Å². The van der Waals surface area contributed by atoms with Gasteiger partial charge in [0.25, 0.3) is 0 Å². The van der Waals surface area contributed by atoms with Gasteiger partial charge in [0.1, 0.15) is 0 Å². The van der Waals surface area contributed by atoms with Crippen molar-refractivity contribution in [1.29, 1.82) is 0 Å². The van der Waals surface area contributed by atoms with E-state index >= 15 is 4.39 Å². The predicted molar refractivity (Wildman–Crippen MR) is 133 cm³/mol. The number of ether oxygens (including phenoxy) is 2. The van der Waals surface area contributed by atoms with Crippen LogP contribution in [0.4, 0.5) is 17.6 Å². The van der Waals surface area contributed by atoms with Gasteiger partial charge >= 0.3 is 0 Å². The summed E-state index contributed by atoms with van der Waals surface area (Å²) in [5, 5.41) is 0. The second-order valence-corrected chi connectivity index (χ2v) is 9.62. The van der Waals surface area contributed by atoms with Crippen molar-refractivity contribution in [3.8, 4) is 22.6 Å². The summed E-state index contributed by atoms with van der Waals surface area (Å²) >= 11 is 0. The lowest BCUT2D eigenvalue weighted by molar-refractivity contribution is 0.190. The molecule has 6 heteroatoms. The molecule has 1 aliphatic rings. The van der Waals surface area contributed by atoms with Gasteiger partial charge in [0.05, 0.1) is 13.2 Å². The van der Waals surface area contributed by atoms with Crippen molar-refractivity contribution in [2.45, 2.75) is 58.3 Å². The lowest BCUT2D eigenvalue weighted by Crippen LogP contribution is -2.20. The molecule has 36 heavy (non-hydrogen) atoms. The SMILES string of the molecule is CCCCOc1ccc(OCC2CCC(c3ccc(-c4ccc(C)cc4)c(F)c3F)CC2)c(F)c1F. The first-order valence-electron chi connectivity index (χ1n) is 12.7. The van der Waals surface area contributed by atoms with Gasteiger partial charge in [0, 0.05) is 5.56 Å². The molecule has 0 heterocycles. The molecule has 2 nitrogen and oxygen atoms in total.